The zero-order valence-electron chi connectivity index (χ0n) is 13.8. The Labute approximate surface area is 146 Å². The highest BCUT2D eigenvalue weighted by molar-refractivity contribution is 7.15. The van der Waals surface area contributed by atoms with Gasteiger partial charge in [-0.1, -0.05) is 12.1 Å². The third-order valence-electron chi connectivity index (χ3n) is 4.03. The lowest BCUT2D eigenvalue weighted by Crippen LogP contribution is -2.15. The van der Waals surface area contributed by atoms with Crippen molar-refractivity contribution in [2.75, 3.05) is 19.0 Å². The molecule has 1 N–H and O–H groups in total. The number of benzene rings is 1. The van der Waals surface area contributed by atoms with E-state index in [4.69, 9.17) is 9.47 Å². The number of aromatic nitrogens is 1. The first kappa shape index (κ1) is 16.9. The molecule has 128 valence electrons. The normalized spacial score (nSPS) is 17.0. The Bertz CT molecular complexity index is 680. The van der Waals surface area contributed by atoms with Crippen LogP contribution in [0.1, 0.15) is 36.1 Å². The largest absolute Gasteiger partial charge is 0.497 e. The van der Waals surface area contributed by atoms with E-state index in [1.165, 1.54) is 11.3 Å². The van der Waals surface area contributed by atoms with Crippen molar-refractivity contribution in [2.24, 2.45) is 0 Å². The first-order valence-corrected chi connectivity index (χ1v) is 9.03. The topological polar surface area (TPSA) is 60.5 Å². The summed E-state index contributed by atoms with van der Waals surface area (Å²) >= 11 is 1.51. The molecule has 0 unspecified atom stereocenters. The van der Waals surface area contributed by atoms with E-state index in [2.05, 4.69) is 16.4 Å². The zero-order valence-corrected chi connectivity index (χ0v) is 14.6. The number of nitrogens with zero attached hydrogens (tertiary/aromatic N) is 1. The number of hydrogen-bond acceptors (Lipinski definition) is 5. The van der Waals surface area contributed by atoms with E-state index in [1.54, 1.807) is 7.11 Å². The highest BCUT2D eigenvalue weighted by atomic mass is 32.1. The fourth-order valence-electron chi connectivity index (χ4n) is 2.78. The Morgan fingerprint density at radius 2 is 2.42 bits per heavy atom. The van der Waals surface area contributed by atoms with Crippen LogP contribution in [0.3, 0.4) is 0 Å². The average Bonchev–Trinajstić information content (AvgIpc) is 3.25. The summed E-state index contributed by atoms with van der Waals surface area (Å²) in [5.41, 5.74) is 1.16. The van der Waals surface area contributed by atoms with Crippen molar-refractivity contribution in [3.63, 3.8) is 0 Å². The van der Waals surface area contributed by atoms with Crippen molar-refractivity contribution in [1.82, 2.24) is 4.98 Å². The van der Waals surface area contributed by atoms with E-state index in [-0.39, 0.29) is 12.0 Å². The van der Waals surface area contributed by atoms with Crippen LogP contribution >= 0.6 is 11.3 Å². The van der Waals surface area contributed by atoms with Gasteiger partial charge in [0.1, 0.15) is 5.75 Å². The SMILES string of the molecule is COc1cccc(Cc2cnc(NC(=O)CC[C@@H]3CCCO3)s2)c1. The number of carbonyl (C=O) groups excluding carboxylic acids is 1. The highest BCUT2D eigenvalue weighted by Gasteiger charge is 2.17. The molecule has 0 aliphatic carbocycles. The fourth-order valence-corrected chi connectivity index (χ4v) is 3.64. The minimum Gasteiger partial charge on any atom is -0.497 e. The van der Waals surface area contributed by atoms with Crippen molar-refractivity contribution in [1.29, 1.82) is 0 Å². The van der Waals surface area contributed by atoms with Crippen LogP contribution in [0.4, 0.5) is 5.13 Å². The maximum atomic E-state index is 12.0. The maximum absolute atomic E-state index is 12.0. The molecule has 1 aliphatic heterocycles. The summed E-state index contributed by atoms with van der Waals surface area (Å²) in [6, 6.07) is 7.97. The Morgan fingerprint density at radius 3 is 3.21 bits per heavy atom. The van der Waals surface area contributed by atoms with Crippen LogP contribution in [0.25, 0.3) is 0 Å². The summed E-state index contributed by atoms with van der Waals surface area (Å²) in [4.78, 5) is 17.4. The zero-order chi connectivity index (χ0) is 16.8. The van der Waals surface area contributed by atoms with Gasteiger partial charge in [-0.15, -0.1) is 11.3 Å². The number of rotatable bonds is 7. The van der Waals surface area contributed by atoms with Crippen LogP contribution < -0.4 is 10.1 Å². The van der Waals surface area contributed by atoms with E-state index in [0.29, 0.717) is 11.6 Å². The molecular weight excluding hydrogens is 324 g/mol. The minimum absolute atomic E-state index is 0.00720. The molecule has 2 aromatic rings. The van der Waals surface area contributed by atoms with Gasteiger partial charge in [-0.05, 0) is 37.0 Å². The second-order valence-electron chi connectivity index (χ2n) is 5.88. The summed E-state index contributed by atoms with van der Waals surface area (Å²) in [7, 11) is 1.66. The standard InChI is InChI=1S/C18H22N2O3S/c1-22-15-5-2-4-13(10-15)11-16-12-19-18(24-16)20-17(21)8-7-14-6-3-9-23-14/h2,4-5,10,12,14H,3,6-9,11H2,1H3,(H,19,20,21)/t14-/m0/s1. The van der Waals surface area contributed by atoms with Crippen LogP contribution in [0.5, 0.6) is 5.75 Å². The smallest absolute Gasteiger partial charge is 0.226 e. The minimum atomic E-state index is 0.00720. The molecule has 1 amide bonds. The highest BCUT2D eigenvalue weighted by Crippen LogP contribution is 2.23. The molecule has 6 heteroatoms. The summed E-state index contributed by atoms with van der Waals surface area (Å²) < 4.78 is 10.8. The average molecular weight is 346 g/mol. The Morgan fingerprint density at radius 1 is 1.50 bits per heavy atom. The van der Waals surface area contributed by atoms with Gasteiger partial charge in [0.2, 0.25) is 5.91 Å². The van der Waals surface area contributed by atoms with Gasteiger partial charge in [0.25, 0.3) is 0 Å². The number of carbonyl (C=O) groups is 1. The van der Waals surface area contributed by atoms with Crippen molar-refractivity contribution < 1.29 is 14.3 Å². The molecule has 5 nitrogen and oxygen atoms in total. The fraction of sp³-hybridized carbons (Fsp3) is 0.444. The van der Waals surface area contributed by atoms with E-state index >= 15 is 0 Å². The van der Waals surface area contributed by atoms with Gasteiger partial charge in [-0.2, -0.15) is 0 Å². The van der Waals surface area contributed by atoms with Gasteiger partial charge in [-0.25, -0.2) is 4.98 Å². The molecule has 0 radical (unpaired) electrons. The molecule has 24 heavy (non-hydrogen) atoms. The predicted octanol–water partition coefficient (Wildman–Crippen LogP) is 3.64. The monoisotopic (exact) mass is 346 g/mol. The molecule has 1 aliphatic rings. The third-order valence-corrected chi connectivity index (χ3v) is 4.94. The molecule has 2 heterocycles. The van der Waals surface area contributed by atoms with E-state index < -0.39 is 0 Å². The molecule has 1 fully saturated rings. The van der Waals surface area contributed by atoms with Gasteiger partial charge in [0.15, 0.2) is 5.13 Å². The number of thiazole rings is 1. The Kier molecular flexibility index (Phi) is 5.82. The second-order valence-corrected chi connectivity index (χ2v) is 7.00. The molecule has 1 aromatic heterocycles. The molecular formula is C18H22N2O3S. The first-order chi connectivity index (χ1) is 11.7. The van der Waals surface area contributed by atoms with Gasteiger partial charge < -0.3 is 14.8 Å². The quantitative estimate of drug-likeness (QED) is 0.831. The molecule has 1 aromatic carbocycles. The lowest BCUT2D eigenvalue weighted by molar-refractivity contribution is -0.116. The van der Waals surface area contributed by atoms with Crippen LogP contribution in [-0.4, -0.2) is 30.7 Å². The van der Waals surface area contributed by atoms with Gasteiger partial charge in [0.05, 0.1) is 13.2 Å². The first-order valence-electron chi connectivity index (χ1n) is 8.22. The molecule has 0 saturated carbocycles. The van der Waals surface area contributed by atoms with Gasteiger partial charge in [0, 0.05) is 30.5 Å². The van der Waals surface area contributed by atoms with Crippen molar-refractivity contribution in [3.05, 3.63) is 40.9 Å². The number of methoxy groups -OCH3 is 1. The Balaban J connectivity index is 1.50. The van der Waals surface area contributed by atoms with Gasteiger partial charge in [-0.3, -0.25) is 4.79 Å². The van der Waals surface area contributed by atoms with Gasteiger partial charge >= 0.3 is 0 Å². The number of nitrogens with one attached hydrogen (secondary N) is 1. The van der Waals surface area contributed by atoms with Crippen molar-refractivity contribution in [3.8, 4) is 5.75 Å². The summed E-state index contributed by atoms with van der Waals surface area (Å²) in [5, 5.41) is 3.54. The summed E-state index contributed by atoms with van der Waals surface area (Å²) in [6.07, 6.45) is 6.28. The van der Waals surface area contributed by atoms with E-state index in [9.17, 15) is 4.79 Å². The third kappa shape index (κ3) is 4.79. The Hall–Kier alpha value is -1.92. The van der Waals surface area contributed by atoms with E-state index in [0.717, 1.165) is 48.5 Å². The summed E-state index contributed by atoms with van der Waals surface area (Å²) in [6.45, 7) is 0.826. The molecule has 1 saturated heterocycles. The van der Waals surface area contributed by atoms with Crippen molar-refractivity contribution >= 4 is 22.4 Å². The molecule has 0 bridgehead atoms. The predicted molar refractivity (Wildman–Crippen MR) is 94.8 cm³/mol. The number of anilines is 1. The maximum Gasteiger partial charge on any atom is 0.226 e. The number of amides is 1. The van der Waals surface area contributed by atoms with Crippen LogP contribution in [0, 0.1) is 0 Å². The second kappa shape index (κ2) is 8.26. The summed E-state index contributed by atoms with van der Waals surface area (Å²) in [5.74, 6) is 0.854. The van der Waals surface area contributed by atoms with E-state index in [1.807, 2.05) is 24.4 Å². The molecule has 1 atom stereocenters. The van der Waals surface area contributed by atoms with Crippen LogP contribution in [0.2, 0.25) is 0 Å². The molecule has 3 rings (SSSR count). The van der Waals surface area contributed by atoms with Crippen LogP contribution in [0.15, 0.2) is 30.5 Å². The van der Waals surface area contributed by atoms with Crippen LogP contribution in [-0.2, 0) is 16.0 Å². The number of hydrogen-bond donors (Lipinski definition) is 1. The van der Waals surface area contributed by atoms with Crippen molar-refractivity contribution in [2.45, 2.75) is 38.2 Å². The lowest BCUT2D eigenvalue weighted by Gasteiger charge is -2.08. The lowest BCUT2D eigenvalue weighted by atomic mass is 10.1. The molecule has 0 spiro atoms. The number of ether oxygens (including phenoxy) is 2.